The summed E-state index contributed by atoms with van der Waals surface area (Å²) in [6.07, 6.45) is 9.48. The van der Waals surface area contributed by atoms with Crippen LogP contribution in [-0.4, -0.2) is 30.1 Å². The van der Waals surface area contributed by atoms with Crippen molar-refractivity contribution in [2.75, 3.05) is 13.1 Å². The maximum absolute atomic E-state index is 4.74. The second-order valence-electron chi connectivity index (χ2n) is 6.92. The van der Waals surface area contributed by atoms with Crippen LogP contribution in [0, 0.1) is 18.8 Å². The molecule has 2 aliphatic carbocycles. The van der Waals surface area contributed by atoms with E-state index in [4.69, 9.17) is 4.99 Å². The number of thiazole rings is 1. The van der Waals surface area contributed by atoms with Crippen molar-refractivity contribution >= 4 is 41.3 Å². The van der Waals surface area contributed by atoms with E-state index in [2.05, 4.69) is 34.8 Å². The molecule has 136 valence electrons. The van der Waals surface area contributed by atoms with Crippen molar-refractivity contribution in [2.24, 2.45) is 16.8 Å². The molecule has 0 amide bonds. The molecular formula is C18H31IN4S. The lowest BCUT2D eigenvalue weighted by Gasteiger charge is -2.22. The number of aromatic nitrogens is 1. The minimum atomic E-state index is 0. The van der Waals surface area contributed by atoms with Gasteiger partial charge in [0.2, 0.25) is 0 Å². The van der Waals surface area contributed by atoms with Gasteiger partial charge in [-0.3, -0.25) is 4.99 Å². The van der Waals surface area contributed by atoms with E-state index in [1.807, 2.05) is 0 Å². The number of halogens is 1. The molecule has 24 heavy (non-hydrogen) atoms. The van der Waals surface area contributed by atoms with Crippen molar-refractivity contribution in [2.45, 2.75) is 64.8 Å². The molecule has 0 radical (unpaired) electrons. The van der Waals surface area contributed by atoms with Crippen LogP contribution in [0.4, 0.5) is 0 Å². The van der Waals surface area contributed by atoms with E-state index in [0.29, 0.717) is 6.04 Å². The molecule has 0 aromatic carbocycles. The number of rotatable bonds is 6. The van der Waals surface area contributed by atoms with E-state index in [0.717, 1.165) is 42.3 Å². The van der Waals surface area contributed by atoms with Crippen molar-refractivity contribution in [3.63, 3.8) is 0 Å². The van der Waals surface area contributed by atoms with Gasteiger partial charge in [0.1, 0.15) is 0 Å². The Bertz CT molecular complexity index is 525. The third-order valence-corrected chi connectivity index (χ3v) is 5.89. The molecule has 1 aromatic heterocycles. The summed E-state index contributed by atoms with van der Waals surface area (Å²) in [5.41, 5.74) is 1.17. The van der Waals surface area contributed by atoms with E-state index >= 15 is 0 Å². The number of nitrogens with zero attached hydrogens (tertiary/aromatic N) is 2. The lowest BCUT2D eigenvalue weighted by molar-refractivity contribution is 0.315. The van der Waals surface area contributed by atoms with E-state index < -0.39 is 0 Å². The van der Waals surface area contributed by atoms with Gasteiger partial charge >= 0.3 is 0 Å². The summed E-state index contributed by atoms with van der Waals surface area (Å²) < 4.78 is 0. The van der Waals surface area contributed by atoms with Gasteiger partial charge in [0.15, 0.2) is 5.96 Å². The zero-order valence-electron chi connectivity index (χ0n) is 14.9. The fourth-order valence-electron chi connectivity index (χ4n) is 3.76. The van der Waals surface area contributed by atoms with Gasteiger partial charge in [0.25, 0.3) is 0 Å². The second kappa shape index (κ2) is 9.94. The summed E-state index contributed by atoms with van der Waals surface area (Å²) in [7, 11) is 0. The van der Waals surface area contributed by atoms with Crippen LogP contribution in [-0.2, 0) is 6.42 Å². The summed E-state index contributed by atoms with van der Waals surface area (Å²) >= 11 is 1.72. The Hall–Kier alpha value is -0.370. The molecular weight excluding hydrogens is 431 g/mol. The molecule has 2 unspecified atom stereocenters. The lowest BCUT2D eigenvalue weighted by Crippen LogP contribution is -2.39. The summed E-state index contributed by atoms with van der Waals surface area (Å²) in [5.74, 6) is 2.84. The monoisotopic (exact) mass is 462 g/mol. The summed E-state index contributed by atoms with van der Waals surface area (Å²) in [5, 5.41) is 10.3. The Labute approximate surface area is 167 Å². The Morgan fingerprint density at radius 1 is 1.33 bits per heavy atom. The topological polar surface area (TPSA) is 49.3 Å². The lowest BCUT2D eigenvalue weighted by atomic mass is 9.85. The van der Waals surface area contributed by atoms with Gasteiger partial charge in [-0.25, -0.2) is 4.98 Å². The number of nitrogens with one attached hydrogen (secondary N) is 2. The van der Waals surface area contributed by atoms with Crippen LogP contribution < -0.4 is 10.6 Å². The first kappa shape index (κ1) is 19.9. The standard InChI is InChI=1S/C18H30N4S.HI/c1-3-19-18(20-10-9-15-12-23-13(2)21-15)22-17-11-16(17)14-7-5-4-6-8-14;/h12,14,16-17H,3-11H2,1-2H3,(H2,19,20,22);1H. The first-order chi connectivity index (χ1) is 11.3. The van der Waals surface area contributed by atoms with Crippen LogP contribution in [0.5, 0.6) is 0 Å². The zero-order valence-corrected chi connectivity index (χ0v) is 18.0. The Kier molecular flexibility index (Phi) is 8.27. The Morgan fingerprint density at radius 2 is 2.12 bits per heavy atom. The zero-order chi connectivity index (χ0) is 16.1. The van der Waals surface area contributed by atoms with Gasteiger partial charge in [-0.05, 0) is 32.1 Å². The highest BCUT2D eigenvalue weighted by atomic mass is 127. The highest BCUT2D eigenvalue weighted by Gasteiger charge is 2.43. The minimum absolute atomic E-state index is 0. The molecule has 2 atom stereocenters. The molecule has 1 heterocycles. The van der Waals surface area contributed by atoms with Gasteiger partial charge in [0.05, 0.1) is 10.7 Å². The molecule has 1 aromatic rings. The molecule has 2 N–H and O–H groups in total. The molecule has 0 bridgehead atoms. The predicted octanol–water partition coefficient (Wildman–Crippen LogP) is 4.14. The SMILES string of the molecule is CCNC(=NCCc1csc(C)n1)NC1CC1C1CCCCC1.I. The Balaban J connectivity index is 0.00000208. The van der Waals surface area contributed by atoms with Crippen LogP contribution in [0.3, 0.4) is 0 Å². The highest BCUT2D eigenvalue weighted by Crippen LogP contribution is 2.44. The maximum Gasteiger partial charge on any atom is 0.191 e. The normalized spacial score (nSPS) is 24.3. The molecule has 0 aliphatic heterocycles. The molecule has 6 heteroatoms. The average Bonchev–Trinajstić information content (AvgIpc) is 3.21. The van der Waals surface area contributed by atoms with Crippen molar-refractivity contribution in [3.05, 3.63) is 16.1 Å². The van der Waals surface area contributed by atoms with E-state index in [9.17, 15) is 0 Å². The fourth-order valence-corrected chi connectivity index (χ4v) is 4.41. The summed E-state index contributed by atoms with van der Waals surface area (Å²) in [6.45, 7) is 5.91. The summed E-state index contributed by atoms with van der Waals surface area (Å²) in [4.78, 5) is 9.25. The van der Waals surface area contributed by atoms with Crippen molar-refractivity contribution < 1.29 is 0 Å². The van der Waals surface area contributed by atoms with Crippen LogP contribution >= 0.6 is 35.3 Å². The minimum Gasteiger partial charge on any atom is -0.357 e. The van der Waals surface area contributed by atoms with Crippen molar-refractivity contribution in [1.82, 2.24) is 15.6 Å². The van der Waals surface area contributed by atoms with Gasteiger partial charge in [-0.2, -0.15) is 0 Å². The smallest absolute Gasteiger partial charge is 0.191 e. The molecule has 2 aliphatic rings. The molecule has 3 rings (SSSR count). The fraction of sp³-hybridized carbons (Fsp3) is 0.778. The molecule has 0 saturated heterocycles. The number of guanidine groups is 1. The maximum atomic E-state index is 4.74. The van der Waals surface area contributed by atoms with E-state index in [1.54, 1.807) is 11.3 Å². The Morgan fingerprint density at radius 3 is 2.79 bits per heavy atom. The van der Waals surface area contributed by atoms with Gasteiger partial charge in [-0.15, -0.1) is 35.3 Å². The molecule has 4 nitrogen and oxygen atoms in total. The first-order valence-corrected chi connectivity index (χ1v) is 10.1. The van der Waals surface area contributed by atoms with Crippen LogP contribution in [0.1, 0.15) is 56.2 Å². The van der Waals surface area contributed by atoms with E-state index in [1.165, 1.54) is 44.2 Å². The largest absolute Gasteiger partial charge is 0.357 e. The third kappa shape index (κ3) is 5.86. The highest BCUT2D eigenvalue weighted by molar-refractivity contribution is 14.0. The first-order valence-electron chi connectivity index (χ1n) is 9.22. The van der Waals surface area contributed by atoms with Crippen molar-refractivity contribution in [3.8, 4) is 0 Å². The van der Waals surface area contributed by atoms with Gasteiger partial charge in [-0.1, -0.05) is 32.1 Å². The number of aliphatic imine (C=N–C) groups is 1. The van der Waals surface area contributed by atoms with Gasteiger partial charge < -0.3 is 10.6 Å². The van der Waals surface area contributed by atoms with Crippen LogP contribution in [0.25, 0.3) is 0 Å². The molecule has 2 saturated carbocycles. The van der Waals surface area contributed by atoms with Crippen LogP contribution in [0.2, 0.25) is 0 Å². The quantitative estimate of drug-likeness (QED) is 0.380. The van der Waals surface area contributed by atoms with Crippen molar-refractivity contribution in [1.29, 1.82) is 0 Å². The molecule has 2 fully saturated rings. The third-order valence-electron chi connectivity index (χ3n) is 5.07. The number of aryl methyl sites for hydroxylation is 1. The summed E-state index contributed by atoms with van der Waals surface area (Å²) in [6, 6.07) is 0.650. The van der Waals surface area contributed by atoms with Crippen LogP contribution in [0.15, 0.2) is 10.4 Å². The van der Waals surface area contributed by atoms with E-state index in [-0.39, 0.29) is 24.0 Å². The van der Waals surface area contributed by atoms with Gasteiger partial charge in [0, 0.05) is 30.9 Å². The number of hydrogen-bond acceptors (Lipinski definition) is 3. The second-order valence-corrected chi connectivity index (χ2v) is 7.98. The predicted molar refractivity (Wildman–Crippen MR) is 114 cm³/mol. The average molecular weight is 462 g/mol. The number of hydrogen-bond donors (Lipinski definition) is 2. The molecule has 0 spiro atoms.